The third-order valence-electron chi connectivity index (χ3n) is 6.02. The van der Waals surface area contributed by atoms with Crippen LogP contribution in [0.1, 0.15) is 52.5 Å². The molecule has 2 atom stereocenters. The third-order valence-corrected chi connectivity index (χ3v) is 6.02. The van der Waals surface area contributed by atoms with E-state index in [9.17, 15) is 19.5 Å². The number of nitrogens with zero attached hydrogens (tertiary/aromatic N) is 1. The standard InChI is InChI=1S/C20H27NO4/c1-5-19(3,4)16(22)17(23)21(6-2)14-10-13-20(21,18(24)25)15-11-8-7-9-12-15/h7-9,11-12H,5-6,10,13-14H2,1-4H3/t20-,21?/m0/s1. The van der Waals surface area contributed by atoms with E-state index in [1.165, 1.54) is 0 Å². The Morgan fingerprint density at radius 3 is 2.24 bits per heavy atom. The topological polar surface area (TPSA) is 74.3 Å². The maximum Gasteiger partial charge on any atom is 0.383 e. The number of hydrogen-bond donors (Lipinski definition) is 0. The fraction of sp³-hybridized carbons (Fsp3) is 0.550. The fourth-order valence-corrected chi connectivity index (χ4v) is 4.00. The number of Topliss-reactive ketones (excluding diaryl/α,β-unsaturated/α-hetero) is 1. The van der Waals surface area contributed by atoms with E-state index in [-0.39, 0.29) is 11.0 Å². The summed E-state index contributed by atoms with van der Waals surface area (Å²) in [6.07, 6.45) is 1.37. The number of aliphatic carboxylic acids is 1. The summed E-state index contributed by atoms with van der Waals surface area (Å²) in [5, 5.41) is 12.4. The predicted octanol–water partition coefficient (Wildman–Crippen LogP) is 1.79. The summed E-state index contributed by atoms with van der Waals surface area (Å²) in [5.74, 6) is -2.39. The van der Waals surface area contributed by atoms with Gasteiger partial charge in [-0.15, -0.1) is 0 Å². The summed E-state index contributed by atoms with van der Waals surface area (Å²) in [6.45, 7) is 7.68. The second-order valence-electron chi connectivity index (χ2n) is 7.50. The van der Waals surface area contributed by atoms with E-state index in [0.717, 1.165) is 0 Å². The van der Waals surface area contributed by atoms with Crippen LogP contribution in [-0.4, -0.2) is 35.2 Å². The van der Waals surface area contributed by atoms with Crippen molar-refractivity contribution in [2.45, 2.75) is 52.5 Å². The van der Waals surface area contributed by atoms with Gasteiger partial charge < -0.3 is 9.90 Å². The zero-order valence-corrected chi connectivity index (χ0v) is 15.5. The Labute approximate surface area is 149 Å². The molecule has 1 aliphatic rings. The Hall–Kier alpha value is -2.01. The first-order valence-corrected chi connectivity index (χ1v) is 8.93. The molecular weight excluding hydrogens is 318 g/mol. The van der Waals surface area contributed by atoms with Crippen molar-refractivity contribution in [2.24, 2.45) is 5.41 Å². The molecular formula is C20H27NO4. The summed E-state index contributed by atoms with van der Waals surface area (Å²) in [7, 11) is 0. The first-order valence-electron chi connectivity index (χ1n) is 8.93. The summed E-state index contributed by atoms with van der Waals surface area (Å²) in [4.78, 5) is 38.6. The van der Waals surface area contributed by atoms with E-state index in [2.05, 4.69) is 0 Å². The van der Waals surface area contributed by atoms with Crippen molar-refractivity contribution >= 4 is 17.7 Å². The average molecular weight is 345 g/mol. The maximum absolute atomic E-state index is 13.3. The molecule has 0 saturated carbocycles. The minimum atomic E-state index is -1.51. The van der Waals surface area contributed by atoms with Crippen LogP contribution in [0.15, 0.2) is 30.3 Å². The predicted molar refractivity (Wildman–Crippen MR) is 92.1 cm³/mol. The Morgan fingerprint density at radius 2 is 1.76 bits per heavy atom. The number of hydrogen-bond acceptors (Lipinski definition) is 4. The molecule has 25 heavy (non-hydrogen) atoms. The number of amides is 1. The van der Waals surface area contributed by atoms with E-state index in [4.69, 9.17) is 0 Å². The van der Waals surface area contributed by atoms with E-state index in [1.807, 2.05) is 6.92 Å². The van der Waals surface area contributed by atoms with E-state index in [0.29, 0.717) is 31.4 Å². The van der Waals surface area contributed by atoms with Crippen molar-refractivity contribution in [3.8, 4) is 0 Å². The number of carbonyl (C=O) groups is 3. The zero-order chi connectivity index (χ0) is 18.9. The first kappa shape index (κ1) is 19.3. The molecule has 1 aliphatic heterocycles. The van der Waals surface area contributed by atoms with Crippen LogP contribution in [0.5, 0.6) is 0 Å². The van der Waals surface area contributed by atoms with Gasteiger partial charge in [-0.05, 0) is 13.3 Å². The number of carboxylic acid groups (broad SMARTS) is 1. The highest BCUT2D eigenvalue weighted by Crippen LogP contribution is 2.46. The van der Waals surface area contributed by atoms with Crippen molar-refractivity contribution in [1.82, 2.24) is 0 Å². The van der Waals surface area contributed by atoms with Gasteiger partial charge in [0.25, 0.3) is 5.78 Å². The first-order chi connectivity index (χ1) is 11.7. The lowest BCUT2D eigenvalue weighted by Gasteiger charge is -2.47. The van der Waals surface area contributed by atoms with Gasteiger partial charge in [-0.25, -0.2) is 9.28 Å². The lowest BCUT2D eigenvalue weighted by atomic mass is 9.81. The molecule has 5 heteroatoms. The average Bonchev–Trinajstić information content (AvgIpc) is 3.02. The molecule has 1 amide bonds. The van der Waals surface area contributed by atoms with Gasteiger partial charge >= 0.3 is 5.91 Å². The molecule has 2 rings (SSSR count). The van der Waals surface area contributed by atoms with Crippen LogP contribution < -0.4 is 5.11 Å². The third kappa shape index (κ3) is 2.71. The van der Waals surface area contributed by atoms with Crippen LogP contribution in [0.25, 0.3) is 0 Å². The highest BCUT2D eigenvalue weighted by Gasteiger charge is 2.63. The summed E-state index contributed by atoms with van der Waals surface area (Å²) in [6, 6.07) is 8.74. The molecule has 5 nitrogen and oxygen atoms in total. The normalized spacial score (nSPS) is 26.4. The zero-order valence-electron chi connectivity index (χ0n) is 15.5. The fourth-order valence-electron chi connectivity index (χ4n) is 4.00. The van der Waals surface area contributed by atoms with Crippen LogP contribution in [0.4, 0.5) is 0 Å². The molecule has 0 radical (unpaired) electrons. The van der Waals surface area contributed by atoms with Crippen molar-refractivity contribution in [3.05, 3.63) is 35.9 Å². The largest absolute Gasteiger partial charge is 0.543 e. The van der Waals surface area contributed by atoms with Gasteiger partial charge in [0.2, 0.25) is 0 Å². The van der Waals surface area contributed by atoms with E-state index in [1.54, 1.807) is 51.1 Å². The molecule has 0 aliphatic carbocycles. The molecule has 0 spiro atoms. The number of benzene rings is 1. The van der Waals surface area contributed by atoms with Crippen LogP contribution in [0, 0.1) is 5.41 Å². The minimum absolute atomic E-state index is 0.243. The maximum atomic E-state index is 13.3. The van der Waals surface area contributed by atoms with Gasteiger partial charge in [0.15, 0.2) is 5.54 Å². The molecule has 1 heterocycles. The Bertz CT molecular complexity index is 682. The van der Waals surface area contributed by atoms with Crippen molar-refractivity contribution < 1.29 is 24.0 Å². The number of likely N-dealkylation sites (tertiary alicyclic amines) is 1. The molecule has 0 N–H and O–H groups in total. The lowest BCUT2D eigenvalue weighted by Crippen LogP contribution is -2.70. The van der Waals surface area contributed by atoms with Crippen molar-refractivity contribution in [1.29, 1.82) is 0 Å². The highest BCUT2D eigenvalue weighted by molar-refractivity contribution is 6.35. The van der Waals surface area contributed by atoms with Gasteiger partial charge in [0.1, 0.15) is 5.97 Å². The number of likely N-dealkylation sites (N-methyl/N-ethyl adjacent to an activating group) is 1. The Balaban J connectivity index is 2.67. The minimum Gasteiger partial charge on any atom is -0.543 e. The molecule has 1 aromatic carbocycles. The Morgan fingerprint density at radius 1 is 1.16 bits per heavy atom. The van der Waals surface area contributed by atoms with Gasteiger partial charge in [0, 0.05) is 23.8 Å². The number of carboxylic acids is 1. The highest BCUT2D eigenvalue weighted by atomic mass is 16.4. The summed E-state index contributed by atoms with van der Waals surface area (Å²) in [5.41, 5.74) is -1.79. The molecule has 1 aromatic rings. The lowest BCUT2D eigenvalue weighted by molar-refractivity contribution is -0.889. The van der Waals surface area contributed by atoms with Gasteiger partial charge in [-0.1, -0.05) is 51.1 Å². The molecule has 1 saturated heterocycles. The molecule has 136 valence electrons. The van der Waals surface area contributed by atoms with Gasteiger partial charge in [0.05, 0.1) is 13.1 Å². The molecule has 1 unspecified atom stereocenters. The van der Waals surface area contributed by atoms with Crippen LogP contribution >= 0.6 is 0 Å². The second kappa shape index (κ2) is 6.71. The smallest absolute Gasteiger partial charge is 0.383 e. The second-order valence-corrected chi connectivity index (χ2v) is 7.50. The van der Waals surface area contributed by atoms with Crippen molar-refractivity contribution in [2.75, 3.05) is 13.1 Å². The number of ketones is 1. The van der Waals surface area contributed by atoms with Crippen molar-refractivity contribution in [3.63, 3.8) is 0 Å². The number of quaternary nitrogens is 1. The quantitative estimate of drug-likeness (QED) is 0.582. The van der Waals surface area contributed by atoms with Crippen LogP contribution in [-0.2, 0) is 19.9 Å². The Kier molecular flexibility index (Phi) is 5.19. The monoisotopic (exact) mass is 345 g/mol. The number of rotatable bonds is 6. The van der Waals surface area contributed by atoms with Gasteiger partial charge in [-0.2, -0.15) is 0 Å². The summed E-state index contributed by atoms with van der Waals surface area (Å²) < 4.78 is -0.387. The van der Waals surface area contributed by atoms with E-state index >= 15 is 0 Å². The molecule has 0 aromatic heterocycles. The van der Waals surface area contributed by atoms with Gasteiger partial charge in [-0.3, -0.25) is 4.79 Å². The van der Waals surface area contributed by atoms with Crippen LogP contribution in [0.2, 0.25) is 0 Å². The van der Waals surface area contributed by atoms with E-state index < -0.39 is 28.6 Å². The molecule has 0 bridgehead atoms. The SMILES string of the molecule is CCC(C)(C)C(=O)C(=O)[N+]1(CC)CCC[C@@]1(C(=O)[O-])c1ccccc1. The van der Waals surface area contributed by atoms with Crippen LogP contribution in [0.3, 0.4) is 0 Å². The summed E-state index contributed by atoms with van der Waals surface area (Å²) >= 11 is 0. The molecule has 1 fully saturated rings. The number of carbonyl (C=O) groups excluding carboxylic acids is 3.